The first-order valence-corrected chi connectivity index (χ1v) is 10.3. The molecule has 0 bridgehead atoms. The number of aromatic nitrogens is 1. The van der Waals surface area contributed by atoms with Gasteiger partial charge in [0.2, 0.25) is 0 Å². The van der Waals surface area contributed by atoms with Gasteiger partial charge >= 0.3 is 0 Å². The molecule has 1 aliphatic heterocycles. The lowest BCUT2D eigenvalue weighted by Crippen LogP contribution is -2.40. The molecule has 0 saturated heterocycles. The second-order valence-electron chi connectivity index (χ2n) is 6.64. The maximum absolute atomic E-state index is 12.6. The summed E-state index contributed by atoms with van der Waals surface area (Å²) in [6.45, 7) is 2.46. The number of H-pyrrole nitrogens is 1. The quantitative estimate of drug-likeness (QED) is 0.632. The Bertz CT molecular complexity index is 980. The van der Waals surface area contributed by atoms with Crippen molar-refractivity contribution in [3.05, 3.63) is 86.3 Å². The summed E-state index contributed by atoms with van der Waals surface area (Å²) in [6, 6.07) is 16.3. The fraction of sp³-hybridized carbons (Fsp3) is 0.238. The topological polar surface area (TPSA) is 48.1 Å². The summed E-state index contributed by atoms with van der Waals surface area (Å²) in [5, 5.41) is 5.26. The molecule has 1 unspecified atom stereocenters. The highest BCUT2D eigenvalue weighted by Crippen LogP contribution is 2.30. The molecule has 0 fully saturated rings. The predicted octanol–water partition coefficient (Wildman–Crippen LogP) is 4.34. The Kier molecular flexibility index (Phi) is 5.48. The van der Waals surface area contributed by atoms with E-state index in [1.165, 1.54) is 16.0 Å². The van der Waals surface area contributed by atoms with Gasteiger partial charge in [-0.15, -0.1) is 11.3 Å². The molecule has 0 spiro atoms. The molecule has 4 rings (SSSR count). The lowest BCUT2D eigenvalue weighted by molar-refractivity contribution is 0.0927. The van der Waals surface area contributed by atoms with Gasteiger partial charge in [-0.3, -0.25) is 9.69 Å². The first kappa shape index (κ1) is 18.1. The van der Waals surface area contributed by atoms with Gasteiger partial charge in [0.15, 0.2) is 0 Å². The minimum Gasteiger partial charge on any atom is -0.352 e. The molecule has 0 radical (unpaired) electrons. The Balaban J connectivity index is 1.54. The molecule has 2 N–H and O–H groups in total. The third kappa shape index (κ3) is 4.03. The van der Waals surface area contributed by atoms with E-state index in [2.05, 4.69) is 50.9 Å². The van der Waals surface area contributed by atoms with Crippen LogP contribution < -0.4 is 5.32 Å². The van der Waals surface area contributed by atoms with E-state index in [1.54, 1.807) is 18.3 Å². The molecule has 1 aliphatic rings. The molecule has 1 atom stereocenters. The first-order valence-electron chi connectivity index (χ1n) is 9.02. The molecule has 3 aromatic rings. The number of hydrogen-bond acceptors (Lipinski definition) is 4. The molecular weight excluding hydrogens is 374 g/mol. The highest BCUT2D eigenvalue weighted by Gasteiger charge is 2.26. The number of thiophene rings is 1. The number of carbonyl (C=O) groups is 1. The van der Waals surface area contributed by atoms with Crippen LogP contribution in [0.5, 0.6) is 0 Å². The van der Waals surface area contributed by atoms with Gasteiger partial charge in [0.1, 0.15) is 4.64 Å². The summed E-state index contributed by atoms with van der Waals surface area (Å²) in [6.07, 6.45) is 2.80. The number of pyridine rings is 1. The van der Waals surface area contributed by atoms with Gasteiger partial charge in [-0.2, -0.15) is 0 Å². The summed E-state index contributed by atoms with van der Waals surface area (Å²) in [4.78, 5) is 19.5. The highest BCUT2D eigenvalue weighted by atomic mass is 32.1. The largest absolute Gasteiger partial charge is 0.352 e. The standard InChI is InChI=1S/C21H21N3OS2/c25-20(17-7-4-10-22-21(17)26)23-13-18(15-5-2-1-3-6-15)24-11-8-19-16(14-24)9-12-27-19/h1-7,9-10,12,18H,8,11,13-14H2,(H,22,26)(H,23,25). The van der Waals surface area contributed by atoms with Crippen LogP contribution >= 0.6 is 23.6 Å². The number of amides is 1. The molecule has 6 heteroatoms. The van der Waals surface area contributed by atoms with Gasteiger partial charge in [0.25, 0.3) is 5.91 Å². The van der Waals surface area contributed by atoms with Crippen molar-refractivity contribution in [3.63, 3.8) is 0 Å². The smallest absolute Gasteiger partial charge is 0.254 e. The summed E-state index contributed by atoms with van der Waals surface area (Å²) >= 11 is 7.08. The van der Waals surface area contributed by atoms with Crippen LogP contribution in [0.15, 0.2) is 60.1 Å². The lowest BCUT2D eigenvalue weighted by atomic mass is 10.0. The highest BCUT2D eigenvalue weighted by molar-refractivity contribution is 7.71. The van der Waals surface area contributed by atoms with Crippen molar-refractivity contribution in [1.82, 2.24) is 15.2 Å². The van der Waals surface area contributed by atoms with E-state index in [1.807, 2.05) is 17.4 Å². The van der Waals surface area contributed by atoms with Gasteiger partial charge in [-0.05, 0) is 41.1 Å². The third-order valence-electron chi connectivity index (χ3n) is 4.98. The molecule has 1 aromatic carbocycles. The van der Waals surface area contributed by atoms with Crippen LogP contribution in [-0.4, -0.2) is 28.9 Å². The normalized spacial score (nSPS) is 15.1. The van der Waals surface area contributed by atoms with Gasteiger partial charge in [-0.25, -0.2) is 0 Å². The van der Waals surface area contributed by atoms with Crippen molar-refractivity contribution in [1.29, 1.82) is 0 Å². The summed E-state index contributed by atoms with van der Waals surface area (Å²) in [7, 11) is 0. The SMILES string of the molecule is O=C(NCC(c1ccccc1)N1CCc2sccc2C1)c1ccc[nH]c1=S. The number of nitrogens with one attached hydrogen (secondary N) is 2. The number of aromatic amines is 1. The zero-order valence-electron chi connectivity index (χ0n) is 14.9. The van der Waals surface area contributed by atoms with E-state index >= 15 is 0 Å². The minimum atomic E-state index is -0.133. The Morgan fingerprint density at radius 1 is 1.22 bits per heavy atom. The van der Waals surface area contributed by atoms with Crippen molar-refractivity contribution in [3.8, 4) is 0 Å². The molecule has 3 heterocycles. The van der Waals surface area contributed by atoms with E-state index in [0.29, 0.717) is 16.7 Å². The van der Waals surface area contributed by atoms with E-state index in [-0.39, 0.29) is 11.9 Å². The van der Waals surface area contributed by atoms with Crippen LogP contribution in [0.25, 0.3) is 0 Å². The number of rotatable bonds is 5. The van der Waals surface area contributed by atoms with Crippen LogP contribution in [0.3, 0.4) is 0 Å². The van der Waals surface area contributed by atoms with Gasteiger partial charge in [-0.1, -0.05) is 42.5 Å². The van der Waals surface area contributed by atoms with E-state index in [9.17, 15) is 4.79 Å². The monoisotopic (exact) mass is 395 g/mol. The van der Waals surface area contributed by atoms with Crippen LogP contribution in [0.4, 0.5) is 0 Å². The molecule has 1 amide bonds. The Labute approximate surface area is 167 Å². The molecule has 0 aliphatic carbocycles. The van der Waals surface area contributed by atoms with Gasteiger partial charge in [0, 0.05) is 30.7 Å². The summed E-state index contributed by atoms with van der Waals surface area (Å²) < 4.78 is 0.465. The molecule has 2 aromatic heterocycles. The Hall–Kier alpha value is -2.28. The molecular formula is C21H21N3OS2. The second-order valence-corrected chi connectivity index (χ2v) is 8.05. The zero-order chi connectivity index (χ0) is 18.6. The van der Waals surface area contributed by atoms with Gasteiger partial charge in [0.05, 0.1) is 11.6 Å². The first-order chi connectivity index (χ1) is 13.2. The van der Waals surface area contributed by atoms with Crippen LogP contribution in [-0.2, 0) is 13.0 Å². The van der Waals surface area contributed by atoms with Crippen molar-refractivity contribution in [2.24, 2.45) is 0 Å². The summed E-state index contributed by atoms with van der Waals surface area (Å²) in [5.74, 6) is -0.133. The Morgan fingerprint density at radius 2 is 2.07 bits per heavy atom. The summed E-state index contributed by atoms with van der Waals surface area (Å²) in [5.41, 5.74) is 3.14. The van der Waals surface area contributed by atoms with Gasteiger partial charge < -0.3 is 10.3 Å². The molecule has 27 heavy (non-hydrogen) atoms. The van der Waals surface area contributed by atoms with Crippen molar-refractivity contribution in [2.75, 3.05) is 13.1 Å². The molecule has 0 saturated carbocycles. The van der Waals surface area contributed by atoms with Crippen LogP contribution in [0.2, 0.25) is 0 Å². The maximum Gasteiger partial charge on any atom is 0.254 e. The number of hydrogen-bond donors (Lipinski definition) is 2. The average Bonchev–Trinajstić information content (AvgIpc) is 3.17. The zero-order valence-corrected chi connectivity index (χ0v) is 16.5. The lowest BCUT2D eigenvalue weighted by Gasteiger charge is -2.35. The average molecular weight is 396 g/mol. The van der Waals surface area contributed by atoms with Crippen molar-refractivity contribution >= 4 is 29.5 Å². The van der Waals surface area contributed by atoms with Crippen molar-refractivity contribution < 1.29 is 4.79 Å². The van der Waals surface area contributed by atoms with E-state index < -0.39 is 0 Å². The van der Waals surface area contributed by atoms with Crippen LogP contribution in [0, 0.1) is 4.64 Å². The maximum atomic E-state index is 12.6. The third-order valence-corrected chi connectivity index (χ3v) is 6.34. The minimum absolute atomic E-state index is 0.129. The molecule has 138 valence electrons. The number of fused-ring (bicyclic) bond motifs is 1. The van der Waals surface area contributed by atoms with Crippen LogP contribution in [0.1, 0.15) is 32.4 Å². The Morgan fingerprint density at radius 3 is 2.89 bits per heavy atom. The fourth-order valence-electron chi connectivity index (χ4n) is 3.55. The number of benzene rings is 1. The predicted molar refractivity (Wildman–Crippen MR) is 112 cm³/mol. The van der Waals surface area contributed by atoms with E-state index in [4.69, 9.17) is 12.2 Å². The van der Waals surface area contributed by atoms with Crippen molar-refractivity contribution in [2.45, 2.75) is 19.0 Å². The fourth-order valence-corrected chi connectivity index (χ4v) is 4.67. The number of carbonyl (C=O) groups excluding carboxylic acids is 1. The number of nitrogens with zero attached hydrogens (tertiary/aromatic N) is 1. The second kappa shape index (κ2) is 8.17. The molecule has 4 nitrogen and oxygen atoms in total. The van der Waals surface area contributed by atoms with E-state index in [0.717, 1.165) is 19.5 Å².